The highest BCUT2D eigenvalue weighted by Crippen LogP contribution is 2.29. The zero-order valence-electron chi connectivity index (χ0n) is 18.1. The Balaban J connectivity index is 1.56. The molecule has 5 aromatic rings. The van der Waals surface area contributed by atoms with Crippen LogP contribution in [0.25, 0.3) is 33.6 Å². The highest BCUT2D eigenvalue weighted by atomic mass is 32.2. The van der Waals surface area contributed by atoms with E-state index in [4.69, 9.17) is 4.42 Å². The largest absolute Gasteiger partial charge is 0.417 e. The average molecular weight is 491 g/mol. The van der Waals surface area contributed by atoms with Gasteiger partial charge in [0, 0.05) is 18.2 Å². The molecule has 0 spiro atoms. The topological polar surface area (TPSA) is 176 Å². The van der Waals surface area contributed by atoms with Gasteiger partial charge in [-0.05, 0) is 58.8 Å². The molecule has 1 amide bonds. The second-order valence-corrected chi connectivity index (χ2v) is 9.15. The highest BCUT2D eigenvalue weighted by Gasteiger charge is 2.18. The van der Waals surface area contributed by atoms with Gasteiger partial charge in [-0.25, -0.2) is 13.2 Å². The van der Waals surface area contributed by atoms with E-state index in [1.165, 1.54) is 31.3 Å². The van der Waals surface area contributed by atoms with Crippen LogP contribution in [0, 0.1) is 0 Å². The van der Waals surface area contributed by atoms with E-state index in [-0.39, 0.29) is 33.2 Å². The maximum atomic E-state index is 13.1. The third kappa shape index (κ3) is 4.39. The van der Waals surface area contributed by atoms with Crippen molar-refractivity contribution < 1.29 is 17.6 Å². The Morgan fingerprint density at radius 2 is 1.83 bits per heavy atom. The number of carbonyl (C=O) groups excluding carboxylic acids is 1. The number of carbonyl (C=O) groups is 1. The predicted octanol–water partition coefficient (Wildman–Crippen LogP) is 2.13. The molecule has 0 atom stereocenters. The molecule has 12 nitrogen and oxygen atoms in total. The zero-order valence-corrected chi connectivity index (χ0v) is 18.9. The Hall–Kier alpha value is -4.78. The van der Waals surface area contributed by atoms with E-state index in [0.717, 1.165) is 0 Å². The summed E-state index contributed by atoms with van der Waals surface area (Å²) < 4.78 is 33.6. The van der Waals surface area contributed by atoms with Gasteiger partial charge in [0.1, 0.15) is 0 Å². The van der Waals surface area contributed by atoms with Crippen LogP contribution in [0.15, 0.2) is 74.8 Å². The van der Waals surface area contributed by atoms with Crippen LogP contribution < -0.4 is 15.8 Å². The minimum Gasteiger partial charge on any atom is -0.408 e. The van der Waals surface area contributed by atoms with Crippen LogP contribution in [-0.2, 0) is 10.0 Å². The first-order valence-electron chi connectivity index (χ1n) is 10.2. The first-order valence-corrected chi connectivity index (χ1v) is 11.7. The van der Waals surface area contributed by atoms with Gasteiger partial charge >= 0.3 is 5.76 Å². The van der Waals surface area contributed by atoms with Crippen molar-refractivity contribution in [3.63, 3.8) is 0 Å². The second kappa shape index (κ2) is 8.53. The molecule has 2 heterocycles. The van der Waals surface area contributed by atoms with Crippen molar-refractivity contribution in [1.29, 1.82) is 0 Å². The van der Waals surface area contributed by atoms with E-state index >= 15 is 0 Å². The summed E-state index contributed by atoms with van der Waals surface area (Å²) in [6.45, 7) is 0. The van der Waals surface area contributed by atoms with Gasteiger partial charge in [0.05, 0.1) is 16.1 Å². The monoisotopic (exact) mass is 491 g/mol. The van der Waals surface area contributed by atoms with Crippen molar-refractivity contribution in [2.24, 2.45) is 0 Å². The molecule has 0 aliphatic heterocycles. The summed E-state index contributed by atoms with van der Waals surface area (Å²) in [6, 6.07) is 15.9. The van der Waals surface area contributed by atoms with E-state index in [1.54, 1.807) is 30.3 Å². The SMILES string of the molecule is CNC(=O)c1cc(NS(=O)(=O)c2ccc3oc(=O)[nH]c3c2)cc(-c2cccc(-c3nn[nH]n3)c2)c1. The van der Waals surface area contributed by atoms with E-state index in [9.17, 15) is 18.0 Å². The van der Waals surface area contributed by atoms with Crippen LogP contribution in [0.1, 0.15) is 10.4 Å². The molecule has 0 aliphatic rings. The maximum Gasteiger partial charge on any atom is 0.417 e. The number of aromatic amines is 2. The van der Waals surface area contributed by atoms with Gasteiger partial charge in [0.2, 0.25) is 5.82 Å². The van der Waals surface area contributed by atoms with Gasteiger partial charge in [-0.2, -0.15) is 5.21 Å². The van der Waals surface area contributed by atoms with Gasteiger partial charge in [-0.15, -0.1) is 10.2 Å². The number of hydrogen-bond donors (Lipinski definition) is 4. The molecular weight excluding hydrogens is 474 g/mol. The van der Waals surface area contributed by atoms with Crippen molar-refractivity contribution >= 4 is 32.7 Å². The normalized spacial score (nSPS) is 11.5. The lowest BCUT2D eigenvalue weighted by Crippen LogP contribution is -2.19. The van der Waals surface area contributed by atoms with Crippen molar-refractivity contribution in [2.75, 3.05) is 11.8 Å². The Labute approximate surface area is 197 Å². The number of fused-ring (bicyclic) bond motifs is 1. The number of oxazole rings is 1. The van der Waals surface area contributed by atoms with Crippen LogP contribution >= 0.6 is 0 Å². The zero-order chi connectivity index (χ0) is 24.6. The van der Waals surface area contributed by atoms with Crippen LogP contribution in [0.3, 0.4) is 0 Å². The maximum absolute atomic E-state index is 13.1. The average Bonchev–Trinajstić information content (AvgIpc) is 3.52. The Kier molecular flexibility index (Phi) is 5.37. The molecule has 0 radical (unpaired) electrons. The molecule has 5 rings (SSSR count). The molecule has 2 aromatic heterocycles. The van der Waals surface area contributed by atoms with Gasteiger partial charge in [-0.3, -0.25) is 14.5 Å². The lowest BCUT2D eigenvalue weighted by molar-refractivity contribution is 0.0963. The number of benzene rings is 3. The fourth-order valence-corrected chi connectivity index (χ4v) is 4.63. The fraction of sp³-hybridized carbons (Fsp3) is 0.0455. The molecule has 0 saturated carbocycles. The van der Waals surface area contributed by atoms with Crippen LogP contribution in [0.2, 0.25) is 0 Å². The van der Waals surface area contributed by atoms with Crippen LogP contribution in [0.5, 0.6) is 0 Å². The number of amides is 1. The van der Waals surface area contributed by atoms with Crippen molar-refractivity contribution in [3.05, 3.63) is 76.8 Å². The third-order valence-corrected chi connectivity index (χ3v) is 6.55. The number of rotatable bonds is 6. The third-order valence-electron chi connectivity index (χ3n) is 5.17. The number of tetrazole rings is 1. The lowest BCUT2D eigenvalue weighted by atomic mass is 10.00. The Bertz CT molecular complexity index is 1720. The first kappa shape index (κ1) is 22.0. The molecular formula is C22H17N7O5S. The van der Waals surface area contributed by atoms with E-state index in [0.29, 0.717) is 22.5 Å². The highest BCUT2D eigenvalue weighted by molar-refractivity contribution is 7.92. The summed E-state index contributed by atoms with van der Waals surface area (Å²) in [5, 5.41) is 16.4. The number of sulfonamides is 1. The summed E-state index contributed by atoms with van der Waals surface area (Å²) in [5.74, 6) is -0.685. The minimum absolute atomic E-state index is 0.0898. The van der Waals surface area contributed by atoms with Gasteiger partial charge < -0.3 is 9.73 Å². The fourth-order valence-electron chi connectivity index (χ4n) is 3.56. The second-order valence-electron chi connectivity index (χ2n) is 7.47. The molecule has 176 valence electrons. The van der Waals surface area contributed by atoms with Crippen molar-refractivity contribution in [2.45, 2.75) is 4.90 Å². The molecule has 0 bridgehead atoms. The molecule has 0 unspecified atom stereocenters. The Morgan fingerprint density at radius 3 is 2.60 bits per heavy atom. The number of nitrogens with zero attached hydrogens (tertiary/aromatic N) is 3. The van der Waals surface area contributed by atoms with E-state index in [2.05, 4.69) is 35.6 Å². The lowest BCUT2D eigenvalue weighted by Gasteiger charge is -2.13. The first-order chi connectivity index (χ1) is 16.8. The number of aromatic nitrogens is 5. The van der Waals surface area contributed by atoms with E-state index < -0.39 is 15.8 Å². The summed E-state index contributed by atoms with van der Waals surface area (Å²) in [7, 11) is -2.58. The van der Waals surface area contributed by atoms with E-state index in [1.807, 2.05) is 6.07 Å². The molecule has 0 fully saturated rings. The molecule has 0 saturated heterocycles. The number of nitrogens with one attached hydrogen (secondary N) is 4. The van der Waals surface area contributed by atoms with Crippen LogP contribution in [0.4, 0.5) is 5.69 Å². The number of anilines is 1. The standard InChI is InChI=1S/C22H17N7O5S/c1-23-21(30)15-8-14(12-3-2-4-13(7-12)20-25-28-29-26-20)9-16(10-15)27-35(32,33)17-5-6-19-18(11-17)24-22(31)34-19/h2-11,27H,1H3,(H,23,30)(H,24,31)(H,25,26,28,29). The molecule has 0 aliphatic carbocycles. The van der Waals surface area contributed by atoms with Crippen LogP contribution in [-0.4, -0.2) is 47.0 Å². The van der Waals surface area contributed by atoms with Gasteiger partial charge in [-0.1, -0.05) is 18.2 Å². The summed E-state index contributed by atoms with van der Waals surface area (Å²) >= 11 is 0. The molecule has 4 N–H and O–H groups in total. The summed E-state index contributed by atoms with van der Waals surface area (Å²) in [6.07, 6.45) is 0. The van der Waals surface area contributed by atoms with Gasteiger partial charge in [0.15, 0.2) is 5.58 Å². The predicted molar refractivity (Wildman–Crippen MR) is 126 cm³/mol. The Morgan fingerprint density at radius 1 is 1.00 bits per heavy atom. The number of hydrogen-bond acceptors (Lipinski definition) is 8. The quantitative estimate of drug-likeness (QED) is 0.279. The molecule has 35 heavy (non-hydrogen) atoms. The summed E-state index contributed by atoms with van der Waals surface area (Å²) in [4.78, 5) is 26.2. The van der Waals surface area contributed by atoms with Gasteiger partial charge in [0.25, 0.3) is 15.9 Å². The molecule has 13 heteroatoms. The number of H-pyrrole nitrogens is 2. The summed E-state index contributed by atoms with van der Waals surface area (Å²) in [5.41, 5.74) is 2.88. The minimum atomic E-state index is -4.07. The smallest absolute Gasteiger partial charge is 0.408 e. The van der Waals surface area contributed by atoms with Crippen molar-refractivity contribution in [3.8, 4) is 22.5 Å². The van der Waals surface area contributed by atoms with Crippen molar-refractivity contribution in [1.82, 2.24) is 30.9 Å². The molecule has 3 aromatic carbocycles.